The first-order chi connectivity index (χ1) is 9.77. The molecular formula is C16H23BO4. The number of ether oxygens (including phenoxy) is 1. The van der Waals surface area contributed by atoms with Gasteiger partial charge in [-0.2, -0.15) is 0 Å². The maximum Gasteiger partial charge on any atom is 0.458 e. The van der Waals surface area contributed by atoms with Crippen LogP contribution in [0.25, 0.3) is 0 Å². The average Bonchev–Trinajstić information content (AvgIpc) is 2.64. The second-order valence-corrected chi connectivity index (χ2v) is 6.35. The third-order valence-electron chi connectivity index (χ3n) is 4.32. The highest BCUT2D eigenvalue weighted by molar-refractivity contribution is 6.46. The number of benzene rings is 1. The van der Waals surface area contributed by atoms with Crippen LogP contribution in [0.4, 0.5) is 0 Å². The fraction of sp³-hybridized carbons (Fsp3) is 0.562. The third-order valence-corrected chi connectivity index (χ3v) is 4.32. The van der Waals surface area contributed by atoms with Gasteiger partial charge in [-0.3, -0.25) is 4.79 Å². The zero-order valence-corrected chi connectivity index (χ0v) is 13.4. The van der Waals surface area contributed by atoms with E-state index in [0.717, 1.165) is 0 Å². The van der Waals surface area contributed by atoms with E-state index in [0.29, 0.717) is 24.1 Å². The summed E-state index contributed by atoms with van der Waals surface area (Å²) in [5, 5.41) is 0. The van der Waals surface area contributed by atoms with Crippen LogP contribution in [0.3, 0.4) is 0 Å². The molecule has 1 aromatic carbocycles. The van der Waals surface area contributed by atoms with Crippen LogP contribution in [-0.4, -0.2) is 31.2 Å². The molecular weight excluding hydrogens is 267 g/mol. The van der Waals surface area contributed by atoms with E-state index in [4.69, 9.17) is 14.0 Å². The molecule has 1 heterocycles. The van der Waals surface area contributed by atoms with Crippen molar-refractivity contribution in [2.75, 3.05) is 7.11 Å². The molecule has 4 nitrogen and oxygen atoms in total. The number of rotatable bonds is 5. The molecule has 1 aliphatic heterocycles. The zero-order chi connectivity index (χ0) is 15.7. The van der Waals surface area contributed by atoms with Gasteiger partial charge in [0.15, 0.2) is 5.78 Å². The molecule has 0 unspecified atom stereocenters. The largest absolute Gasteiger partial charge is 0.496 e. The molecule has 0 bridgehead atoms. The van der Waals surface area contributed by atoms with Gasteiger partial charge in [0.05, 0.1) is 23.9 Å². The van der Waals surface area contributed by atoms with E-state index in [2.05, 4.69) is 0 Å². The van der Waals surface area contributed by atoms with Crippen LogP contribution in [0.15, 0.2) is 24.3 Å². The molecule has 1 aliphatic rings. The van der Waals surface area contributed by atoms with Gasteiger partial charge in [0.1, 0.15) is 5.75 Å². The molecule has 0 saturated carbocycles. The minimum Gasteiger partial charge on any atom is -0.496 e. The summed E-state index contributed by atoms with van der Waals surface area (Å²) in [5.41, 5.74) is -0.104. The molecule has 0 N–H and O–H groups in total. The molecule has 1 aromatic rings. The van der Waals surface area contributed by atoms with E-state index in [1.165, 1.54) is 0 Å². The number of Topliss-reactive ketones (excluding diaryl/α,β-unsaturated/α-hetero) is 1. The number of methoxy groups -OCH3 is 1. The fourth-order valence-corrected chi connectivity index (χ4v) is 2.34. The maximum atomic E-state index is 12.3. The Hall–Kier alpha value is -1.33. The highest BCUT2D eigenvalue weighted by Gasteiger charge is 2.50. The first-order valence-electron chi connectivity index (χ1n) is 7.29. The van der Waals surface area contributed by atoms with Crippen LogP contribution in [0.1, 0.15) is 44.5 Å². The molecule has 0 aliphatic carbocycles. The Labute approximate surface area is 126 Å². The lowest BCUT2D eigenvalue weighted by Crippen LogP contribution is -2.41. The van der Waals surface area contributed by atoms with Crippen LogP contribution >= 0.6 is 0 Å². The summed E-state index contributed by atoms with van der Waals surface area (Å²) in [4.78, 5) is 12.3. The maximum absolute atomic E-state index is 12.3. The number of hydrogen-bond acceptors (Lipinski definition) is 4. The van der Waals surface area contributed by atoms with E-state index in [9.17, 15) is 4.79 Å². The Balaban J connectivity index is 1.97. The summed E-state index contributed by atoms with van der Waals surface area (Å²) < 4.78 is 17.0. The van der Waals surface area contributed by atoms with Crippen LogP contribution in [0.5, 0.6) is 5.75 Å². The SMILES string of the molecule is COc1ccccc1C(=O)CCB1OC(C)(C)C(C)(C)O1. The summed E-state index contributed by atoms with van der Waals surface area (Å²) in [7, 11) is 1.23. The van der Waals surface area contributed by atoms with Crippen molar-refractivity contribution in [1.29, 1.82) is 0 Å². The van der Waals surface area contributed by atoms with Crippen LogP contribution < -0.4 is 4.74 Å². The van der Waals surface area contributed by atoms with Gasteiger partial charge in [0, 0.05) is 6.42 Å². The van der Waals surface area contributed by atoms with Gasteiger partial charge in [-0.05, 0) is 46.1 Å². The monoisotopic (exact) mass is 290 g/mol. The summed E-state index contributed by atoms with van der Waals surface area (Å²) in [6, 6.07) is 7.27. The minimum atomic E-state index is -0.356. The molecule has 21 heavy (non-hydrogen) atoms. The number of ketones is 1. The predicted molar refractivity (Wildman–Crippen MR) is 82.8 cm³/mol. The normalized spacial score (nSPS) is 19.6. The number of carbonyl (C=O) groups is 1. The molecule has 5 heteroatoms. The zero-order valence-electron chi connectivity index (χ0n) is 13.4. The number of hydrogen-bond donors (Lipinski definition) is 0. The molecule has 1 fully saturated rings. The van der Waals surface area contributed by atoms with E-state index in [1.54, 1.807) is 19.2 Å². The summed E-state index contributed by atoms with van der Waals surface area (Å²) in [6.45, 7) is 8.04. The number of para-hydroxylation sites is 1. The van der Waals surface area contributed by atoms with Gasteiger partial charge >= 0.3 is 7.12 Å². The Kier molecular flexibility index (Phi) is 4.44. The van der Waals surface area contributed by atoms with Gasteiger partial charge in [0.2, 0.25) is 0 Å². The van der Waals surface area contributed by atoms with Crippen molar-refractivity contribution < 1.29 is 18.8 Å². The summed E-state index contributed by atoms with van der Waals surface area (Å²) in [5.74, 6) is 0.651. The molecule has 114 valence electrons. The Morgan fingerprint density at radius 2 is 1.71 bits per heavy atom. The van der Waals surface area contributed by atoms with E-state index >= 15 is 0 Å². The second kappa shape index (κ2) is 5.81. The third kappa shape index (κ3) is 3.30. The van der Waals surface area contributed by atoms with Gasteiger partial charge in [0.25, 0.3) is 0 Å². The Morgan fingerprint density at radius 3 is 2.29 bits per heavy atom. The van der Waals surface area contributed by atoms with E-state index in [-0.39, 0.29) is 24.1 Å². The van der Waals surface area contributed by atoms with Crippen molar-refractivity contribution in [3.8, 4) is 5.75 Å². The molecule has 0 aromatic heterocycles. The van der Waals surface area contributed by atoms with Crippen molar-refractivity contribution in [1.82, 2.24) is 0 Å². The summed E-state index contributed by atoms with van der Waals surface area (Å²) in [6.07, 6.45) is 0.918. The van der Waals surface area contributed by atoms with Crippen LogP contribution in [0.2, 0.25) is 6.32 Å². The highest BCUT2D eigenvalue weighted by atomic mass is 16.7. The lowest BCUT2D eigenvalue weighted by molar-refractivity contribution is 0.00578. The predicted octanol–water partition coefficient (Wildman–Crippen LogP) is 3.36. The second-order valence-electron chi connectivity index (χ2n) is 6.35. The van der Waals surface area contributed by atoms with E-state index in [1.807, 2.05) is 39.8 Å². The highest BCUT2D eigenvalue weighted by Crippen LogP contribution is 2.38. The lowest BCUT2D eigenvalue weighted by atomic mass is 9.81. The van der Waals surface area contributed by atoms with Gasteiger partial charge in [-0.15, -0.1) is 0 Å². The van der Waals surface area contributed by atoms with Crippen molar-refractivity contribution in [3.63, 3.8) is 0 Å². The van der Waals surface area contributed by atoms with Crippen LogP contribution in [-0.2, 0) is 9.31 Å². The smallest absolute Gasteiger partial charge is 0.458 e. The van der Waals surface area contributed by atoms with Gasteiger partial charge in [-0.1, -0.05) is 12.1 Å². The van der Waals surface area contributed by atoms with Crippen molar-refractivity contribution >= 4 is 12.9 Å². The van der Waals surface area contributed by atoms with Crippen LogP contribution in [0, 0.1) is 0 Å². The molecule has 2 rings (SSSR count). The molecule has 0 radical (unpaired) electrons. The van der Waals surface area contributed by atoms with Crippen molar-refractivity contribution in [2.24, 2.45) is 0 Å². The first-order valence-corrected chi connectivity index (χ1v) is 7.29. The Morgan fingerprint density at radius 1 is 1.14 bits per heavy atom. The van der Waals surface area contributed by atoms with Gasteiger partial charge < -0.3 is 14.0 Å². The van der Waals surface area contributed by atoms with Crippen molar-refractivity contribution in [2.45, 2.75) is 51.6 Å². The first kappa shape index (κ1) is 16.1. The topological polar surface area (TPSA) is 44.8 Å². The van der Waals surface area contributed by atoms with Gasteiger partial charge in [-0.25, -0.2) is 0 Å². The number of carbonyl (C=O) groups excluding carboxylic acids is 1. The minimum absolute atomic E-state index is 0.0437. The molecule has 0 spiro atoms. The average molecular weight is 290 g/mol. The lowest BCUT2D eigenvalue weighted by Gasteiger charge is -2.32. The quantitative estimate of drug-likeness (QED) is 0.616. The molecule has 0 amide bonds. The van der Waals surface area contributed by atoms with Crippen molar-refractivity contribution in [3.05, 3.63) is 29.8 Å². The fourth-order valence-electron chi connectivity index (χ4n) is 2.34. The Bertz CT molecular complexity index is 509. The standard InChI is InChI=1S/C16H23BO4/c1-15(2)16(3,4)21-17(20-15)11-10-13(18)12-8-6-7-9-14(12)19-5/h6-9H,10-11H2,1-5H3. The molecule has 1 saturated heterocycles. The summed E-state index contributed by atoms with van der Waals surface area (Å²) >= 11 is 0. The molecule has 0 atom stereocenters. The van der Waals surface area contributed by atoms with E-state index < -0.39 is 0 Å².